The third kappa shape index (κ3) is 2.86. The number of fused-ring (bicyclic) bond motifs is 4. The second-order valence-corrected chi connectivity index (χ2v) is 9.72. The minimum absolute atomic E-state index is 0.135. The maximum absolute atomic E-state index is 6.48. The molecule has 158 valence electrons. The molecule has 6 rings (SSSR count). The lowest BCUT2D eigenvalue weighted by Gasteiger charge is -2.32. The Morgan fingerprint density at radius 3 is 2.25 bits per heavy atom. The van der Waals surface area contributed by atoms with Crippen LogP contribution >= 0.6 is 0 Å². The molecule has 0 radical (unpaired) electrons. The van der Waals surface area contributed by atoms with Gasteiger partial charge in [0.05, 0.1) is 11.2 Å². The normalized spacial score (nSPS) is 19.2. The number of hydrogen-bond acceptors (Lipinski definition) is 4. The maximum Gasteiger partial charge on any atom is 0.483 e. The van der Waals surface area contributed by atoms with Crippen LogP contribution in [0.5, 0.6) is 0 Å². The van der Waals surface area contributed by atoms with Gasteiger partial charge >= 0.3 is 14.0 Å². The van der Waals surface area contributed by atoms with E-state index in [-0.39, 0.29) is 6.85 Å². The molecular formula is C26H25B2NO3. The fourth-order valence-electron chi connectivity index (χ4n) is 4.69. The van der Waals surface area contributed by atoms with Gasteiger partial charge in [-0.3, -0.25) is 0 Å². The molecule has 0 unspecified atom stereocenters. The monoisotopic (exact) mass is 421 g/mol. The highest BCUT2D eigenvalue weighted by Gasteiger charge is 2.54. The largest absolute Gasteiger partial charge is 0.483 e. The number of benzene rings is 3. The van der Waals surface area contributed by atoms with E-state index in [1.165, 1.54) is 0 Å². The van der Waals surface area contributed by atoms with Crippen LogP contribution in [-0.2, 0) is 9.31 Å². The number of hydrogen-bond donors (Lipinski definition) is 1. The zero-order chi connectivity index (χ0) is 22.1. The first-order valence-electron chi connectivity index (χ1n) is 11.2. The van der Waals surface area contributed by atoms with E-state index in [0.29, 0.717) is 0 Å². The molecule has 4 nitrogen and oxygen atoms in total. The first-order valence-corrected chi connectivity index (χ1v) is 11.2. The van der Waals surface area contributed by atoms with Crippen molar-refractivity contribution in [2.24, 2.45) is 0 Å². The molecule has 6 heteroatoms. The molecular weight excluding hydrogens is 396 g/mol. The van der Waals surface area contributed by atoms with Gasteiger partial charge in [0, 0.05) is 16.5 Å². The van der Waals surface area contributed by atoms with Gasteiger partial charge in [-0.25, -0.2) is 0 Å². The van der Waals surface area contributed by atoms with E-state index in [4.69, 9.17) is 13.7 Å². The van der Waals surface area contributed by atoms with Crippen LogP contribution in [0.15, 0.2) is 76.5 Å². The molecule has 32 heavy (non-hydrogen) atoms. The van der Waals surface area contributed by atoms with Gasteiger partial charge in [0.2, 0.25) is 0 Å². The molecule has 1 aromatic heterocycles. The summed E-state index contributed by atoms with van der Waals surface area (Å²) in [6, 6.07) is 22.9. The Kier molecular flexibility index (Phi) is 4.17. The van der Waals surface area contributed by atoms with Crippen LogP contribution in [0, 0.1) is 0 Å². The number of anilines is 1. The number of furan rings is 1. The van der Waals surface area contributed by atoms with Crippen LogP contribution in [0.1, 0.15) is 33.3 Å². The van der Waals surface area contributed by atoms with Crippen molar-refractivity contribution < 1.29 is 13.7 Å². The molecule has 0 saturated carbocycles. The Labute approximate surface area is 188 Å². The summed E-state index contributed by atoms with van der Waals surface area (Å²) in [7, 11) is -0.453. The van der Waals surface area contributed by atoms with Gasteiger partial charge < -0.3 is 19.0 Å². The van der Waals surface area contributed by atoms with Crippen molar-refractivity contribution in [3.8, 4) is 0 Å². The van der Waals surface area contributed by atoms with E-state index in [9.17, 15) is 0 Å². The molecule has 2 aliphatic heterocycles. The van der Waals surface area contributed by atoms with E-state index >= 15 is 0 Å². The van der Waals surface area contributed by atoms with E-state index in [2.05, 4.69) is 93.6 Å². The Morgan fingerprint density at radius 2 is 1.44 bits per heavy atom. The topological polar surface area (TPSA) is 43.6 Å². The van der Waals surface area contributed by atoms with Crippen LogP contribution in [0.4, 0.5) is 5.69 Å². The molecule has 1 saturated heterocycles. The van der Waals surface area contributed by atoms with Gasteiger partial charge in [-0.2, -0.15) is 0 Å². The molecule has 3 aromatic carbocycles. The second kappa shape index (κ2) is 6.77. The van der Waals surface area contributed by atoms with E-state index in [1.54, 1.807) is 0 Å². The lowest BCUT2D eigenvalue weighted by Crippen LogP contribution is -2.48. The van der Waals surface area contributed by atoms with Crippen LogP contribution < -0.4 is 10.7 Å². The average molecular weight is 421 g/mol. The summed E-state index contributed by atoms with van der Waals surface area (Å²) >= 11 is 0. The molecule has 0 atom stereocenters. The zero-order valence-corrected chi connectivity index (χ0v) is 18.8. The summed E-state index contributed by atoms with van der Waals surface area (Å²) in [5, 5.41) is 7.04. The summed E-state index contributed by atoms with van der Waals surface area (Å²) in [4.78, 5) is 0. The van der Waals surface area contributed by atoms with Crippen LogP contribution in [0.25, 0.3) is 28.0 Å². The Hall–Kier alpha value is -2.95. The fraction of sp³-hybridized carbons (Fsp3) is 0.231. The van der Waals surface area contributed by atoms with Crippen molar-refractivity contribution >= 4 is 53.1 Å². The van der Waals surface area contributed by atoms with Crippen molar-refractivity contribution in [1.82, 2.24) is 0 Å². The summed E-state index contributed by atoms with van der Waals surface area (Å²) in [6.45, 7) is 8.22. The van der Waals surface area contributed by atoms with Crippen LogP contribution in [-0.4, -0.2) is 25.2 Å². The molecule has 4 aromatic rings. The number of para-hydroxylation sites is 3. The summed E-state index contributed by atoms with van der Waals surface area (Å²) in [6.07, 6.45) is 2.21. The minimum atomic E-state index is -0.453. The van der Waals surface area contributed by atoms with Crippen LogP contribution in [0.2, 0.25) is 0 Å². The Bertz CT molecular complexity index is 1370. The third-order valence-corrected chi connectivity index (χ3v) is 7.19. The highest BCUT2D eigenvalue weighted by Crippen LogP contribution is 2.41. The van der Waals surface area contributed by atoms with Crippen molar-refractivity contribution in [2.45, 2.75) is 38.9 Å². The predicted molar refractivity (Wildman–Crippen MR) is 133 cm³/mol. The van der Waals surface area contributed by atoms with Crippen molar-refractivity contribution in [2.75, 3.05) is 5.23 Å². The molecule has 2 aliphatic rings. The summed E-state index contributed by atoms with van der Waals surface area (Å²) in [5.74, 6) is 0. The number of rotatable bonds is 2. The smallest absolute Gasteiger partial charge is 0.457 e. The summed E-state index contributed by atoms with van der Waals surface area (Å²) in [5.41, 5.74) is 4.27. The average Bonchev–Trinajstić information content (AvgIpc) is 3.26. The lowest BCUT2D eigenvalue weighted by atomic mass is 9.39. The molecule has 0 amide bonds. The van der Waals surface area contributed by atoms with Gasteiger partial charge in [-0.05, 0) is 56.2 Å². The second-order valence-electron chi connectivity index (χ2n) is 9.72. The fourth-order valence-corrected chi connectivity index (χ4v) is 4.69. The van der Waals surface area contributed by atoms with Crippen molar-refractivity contribution in [3.05, 3.63) is 77.7 Å². The SMILES string of the molecule is CC1(C)OB(C2=Cc3ccccc3NB2c2cccc3c2oc2ccccc23)OC1(C)C. The summed E-state index contributed by atoms with van der Waals surface area (Å²) < 4.78 is 19.3. The quantitative estimate of drug-likeness (QED) is 0.437. The Morgan fingerprint density at radius 1 is 0.750 bits per heavy atom. The third-order valence-electron chi connectivity index (χ3n) is 7.19. The highest BCUT2D eigenvalue weighted by atomic mass is 16.7. The molecule has 0 spiro atoms. The van der Waals surface area contributed by atoms with Gasteiger partial charge in [-0.1, -0.05) is 60.7 Å². The zero-order valence-electron chi connectivity index (χ0n) is 18.8. The molecule has 0 bridgehead atoms. The van der Waals surface area contributed by atoms with E-state index in [1.807, 2.05) is 12.1 Å². The van der Waals surface area contributed by atoms with Gasteiger partial charge in [0.1, 0.15) is 11.2 Å². The van der Waals surface area contributed by atoms with E-state index < -0.39 is 18.3 Å². The molecule has 1 N–H and O–H groups in total. The minimum Gasteiger partial charge on any atom is -0.457 e. The van der Waals surface area contributed by atoms with Crippen molar-refractivity contribution in [3.63, 3.8) is 0 Å². The first kappa shape index (κ1) is 19.7. The molecule has 1 fully saturated rings. The molecule has 0 aliphatic carbocycles. The predicted octanol–water partition coefficient (Wildman–Crippen LogP) is 5.46. The Balaban J connectivity index is 1.54. The van der Waals surface area contributed by atoms with Gasteiger partial charge in [-0.15, -0.1) is 0 Å². The first-order chi connectivity index (χ1) is 15.3. The maximum atomic E-state index is 6.48. The highest BCUT2D eigenvalue weighted by molar-refractivity contribution is 6.96. The van der Waals surface area contributed by atoms with Crippen LogP contribution in [0.3, 0.4) is 0 Å². The standard InChI is InChI=1S/C26H25B2NO3/c1-25(2)26(3,4)32-28(31-25)23-16-17-10-5-7-14-21(17)29-27(23)20-13-9-12-19-18-11-6-8-15-22(18)30-24(19)20/h5-16,29H,1-4H3. The van der Waals surface area contributed by atoms with Crippen molar-refractivity contribution in [1.29, 1.82) is 0 Å². The van der Waals surface area contributed by atoms with Gasteiger partial charge in [0.25, 0.3) is 0 Å². The van der Waals surface area contributed by atoms with Gasteiger partial charge in [0.15, 0.2) is 0 Å². The number of nitrogens with one attached hydrogen (secondary N) is 1. The van der Waals surface area contributed by atoms with E-state index in [0.717, 1.165) is 44.0 Å². The molecule has 3 heterocycles. The lowest BCUT2D eigenvalue weighted by molar-refractivity contribution is 0.00578.